The third kappa shape index (κ3) is 1.90. The summed E-state index contributed by atoms with van der Waals surface area (Å²) >= 11 is 2.95. The van der Waals surface area contributed by atoms with E-state index >= 15 is 0 Å². The molecule has 0 fully saturated rings. The lowest BCUT2D eigenvalue weighted by atomic mass is 10.1. The maximum absolute atomic E-state index is 12.9. The van der Waals surface area contributed by atoms with Crippen LogP contribution in [0, 0.1) is 6.92 Å². The van der Waals surface area contributed by atoms with Crippen molar-refractivity contribution in [3.05, 3.63) is 40.4 Å². The van der Waals surface area contributed by atoms with Crippen molar-refractivity contribution < 1.29 is 4.39 Å². The number of aryl methyl sites for hydroxylation is 1. The highest BCUT2D eigenvalue weighted by Crippen LogP contribution is 2.20. The molecule has 2 heteroatoms. The van der Waals surface area contributed by atoms with E-state index in [2.05, 4.69) is 15.9 Å². The standard InChI is InChI=1S/C9H8BrF/c1-7-4-2-3-5-8(7)9(11)6-10/h2-6H,1H3/b9-6-. The molecule has 0 radical (unpaired) electrons. The van der Waals surface area contributed by atoms with Gasteiger partial charge in [0, 0.05) is 10.5 Å². The molecule has 0 spiro atoms. The van der Waals surface area contributed by atoms with Crippen LogP contribution in [0.15, 0.2) is 29.3 Å². The first-order valence-corrected chi connectivity index (χ1v) is 4.19. The third-order valence-electron chi connectivity index (χ3n) is 1.50. The predicted molar refractivity (Wildman–Crippen MR) is 49.2 cm³/mol. The number of hydrogen-bond acceptors (Lipinski definition) is 0. The second-order valence-electron chi connectivity index (χ2n) is 2.27. The summed E-state index contributed by atoms with van der Waals surface area (Å²) in [5.41, 5.74) is 1.59. The highest BCUT2D eigenvalue weighted by Gasteiger charge is 2.00. The SMILES string of the molecule is Cc1ccccc1/C(F)=C/Br. The van der Waals surface area contributed by atoms with Gasteiger partial charge in [-0.2, -0.15) is 0 Å². The van der Waals surface area contributed by atoms with Crippen molar-refractivity contribution in [1.82, 2.24) is 0 Å². The zero-order valence-corrected chi connectivity index (χ0v) is 7.73. The Kier molecular flexibility index (Phi) is 2.83. The highest BCUT2D eigenvalue weighted by molar-refractivity contribution is 9.11. The van der Waals surface area contributed by atoms with Gasteiger partial charge in [-0.25, -0.2) is 4.39 Å². The number of halogens is 2. The molecule has 0 N–H and O–H groups in total. The lowest BCUT2D eigenvalue weighted by molar-refractivity contribution is 0.761. The Balaban J connectivity index is 3.14. The van der Waals surface area contributed by atoms with Crippen LogP contribution in [0.2, 0.25) is 0 Å². The Morgan fingerprint density at radius 3 is 2.64 bits per heavy atom. The molecule has 0 aliphatic carbocycles. The van der Waals surface area contributed by atoms with Crippen LogP contribution >= 0.6 is 15.9 Å². The molecule has 0 aliphatic heterocycles. The average molecular weight is 215 g/mol. The van der Waals surface area contributed by atoms with Crippen molar-refractivity contribution in [1.29, 1.82) is 0 Å². The first-order chi connectivity index (χ1) is 5.25. The van der Waals surface area contributed by atoms with Crippen LogP contribution in [0.25, 0.3) is 5.83 Å². The molecule has 0 aliphatic rings. The molecule has 0 bridgehead atoms. The Morgan fingerprint density at radius 1 is 1.45 bits per heavy atom. The Labute approximate surface area is 73.9 Å². The maximum atomic E-state index is 12.9. The van der Waals surface area contributed by atoms with Gasteiger partial charge in [0.05, 0.1) is 0 Å². The van der Waals surface area contributed by atoms with E-state index in [-0.39, 0.29) is 5.83 Å². The quantitative estimate of drug-likeness (QED) is 0.670. The molecule has 0 saturated carbocycles. The summed E-state index contributed by atoms with van der Waals surface area (Å²) in [6.45, 7) is 1.88. The van der Waals surface area contributed by atoms with Crippen LogP contribution in [-0.2, 0) is 0 Å². The molecular formula is C9H8BrF. The summed E-state index contributed by atoms with van der Waals surface area (Å²) in [4.78, 5) is 1.29. The van der Waals surface area contributed by atoms with Gasteiger partial charge < -0.3 is 0 Å². The van der Waals surface area contributed by atoms with Crippen LogP contribution in [0.4, 0.5) is 4.39 Å². The Morgan fingerprint density at radius 2 is 2.09 bits per heavy atom. The van der Waals surface area contributed by atoms with Crippen molar-refractivity contribution in [2.24, 2.45) is 0 Å². The van der Waals surface area contributed by atoms with Gasteiger partial charge in [-0.05, 0) is 12.5 Å². The fourth-order valence-electron chi connectivity index (χ4n) is 0.900. The highest BCUT2D eigenvalue weighted by atomic mass is 79.9. The maximum Gasteiger partial charge on any atom is 0.137 e. The molecule has 0 nitrogen and oxygen atoms in total. The van der Waals surface area contributed by atoms with Crippen LogP contribution in [0.5, 0.6) is 0 Å². The lowest BCUT2D eigenvalue weighted by Gasteiger charge is -1.99. The zero-order valence-electron chi connectivity index (χ0n) is 6.14. The minimum atomic E-state index is -0.233. The van der Waals surface area contributed by atoms with Gasteiger partial charge in [-0.3, -0.25) is 0 Å². The van der Waals surface area contributed by atoms with E-state index in [1.165, 1.54) is 4.99 Å². The minimum Gasteiger partial charge on any atom is -0.206 e. The molecule has 0 saturated heterocycles. The Hall–Kier alpha value is -0.630. The van der Waals surface area contributed by atoms with E-state index in [0.717, 1.165) is 5.56 Å². The van der Waals surface area contributed by atoms with Gasteiger partial charge in [0.15, 0.2) is 0 Å². The molecule has 0 unspecified atom stereocenters. The lowest BCUT2D eigenvalue weighted by Crippen LogP contribution is -1.81. The van der Waals surface area contributed by atoms with Gasteiger partial charge in [-0.15, -0.1) is 0 Å². The third-order valence-corrected chi connectivity index (χ3v) is 1.90. The van der Waals surface area contributed by atoms with E-state index in [0.29, 0.717) is 5.56 Å². The summed E-state index contributed by atoms with van der Waals surface area (Å²) in [7, 11) is 0. The van der Waals surface area contributed by atoms with Crippen molar-refractivity contribution in [3.63, 3.8) is 0 Å². The monoisotopic (exact) mass is 214 g/mol. The fourth-order valence-corrected chi connectivity index (χ4v) is 1.15. The topological polar surface area (TPSA) is 0 Å². The molecule has 58 valence electrons. The van der Waals surface area contributed by atoms with Gasteiger partial charge >= 0.3 is 0 Å². The molecule has 1 rings (SSSR count). The second-order valence-corrected chi connectivity index (χ2v) is 2.73. The smallest absolute Gasteiger partial charge is 0.137 e. The first kappa shape index (κ1) is 8.47. The van der Waals surface area contributed by atoms with Crippen LogP contribution in [0.1, 0.15) is 11.1 Å². The normalized spacial score (nSPS) is 11.7. The number of rotatable bonds is 1. The molecule has 0 amide bonds. The van der Waals surface area contributed by atoms with Crippen molar-refractivity contribution in [3.8, 4) is 0 Å². The fraction of sp³-hybridized carbons (Fsp3) is 0.111. The zero-order chi connectivity index (χ0) is 8.27. The minimum absolute atomic E-state index is 0.233. The average Bonchev–Trinajstić information content (AvgIpc) is 2.04. The molecule has 11 heavy (non-hydrogen) atoms. The van der Waals surface area contributed by atoms with E-state index in [1.54, 1.807) is 6.07 Å². The van der Waals surface area contributed by atoms with Gasteiger partial charge in [0.25, 0.3) is 0 Å². The summed E-state index contributed by atoms with van der Waals surface area (Å²) in [6.07, 6.45) is 0. The predicted octanol–water partition coefficient (Wildman–Crippen LogP) is 3.66. The van der Waals surface area contributed by atoms with E-state index < -0.39 is 0 Å². The van der Waals surface area contributed by atoms with Crippen molar-refractivity contribution in [2.75, 3.05) is 0 Å². The van der Waals surface area contributed by atoms with Crippen LogP contribution in [-0.4, -0.2) is 0 Å². The van der Waals surface area contributed by atoms with E-state index in [4.69, 9.17) is 0 Å². The molecular weight excluding hydrogens is 207 g/mol. The van der Waals surface area contributed by atoms with Crippen LogP contribution < -0.4 is 0 Å². The molecule has 1 aromatic carbocycles. The molecule has 0 heterocycles. The number of hydrogen-bond donors (Lipinski definition) is 0. The summed E-state index contributed by atoms with van der Waals surface area (Å²) in [5.74, 6) is -0.233. The van der Waals surface area contributed by atoms with E-state index in [9.17, 15) is 4.39 Å². The van der Waals surface area contributed by atoms with Gasteiger partial charge in [0.1, 0.15) is 5.83 Å². The summed E-state index contributed by atoms with van der Waals surface area (Å²) < 4.78 is 12.9. The molecule has 0 atom stereocenters. The largest absolute Gasteiger partial charge is 0.206 e. The molecule has 0 aromatic heterocycles. The van der Waals surface area contributed by atoms with Crippen molar-refractivity contribution in [2.45, 2.75) is 6.92 Å². The second kappa shape index (κ2) is 3.67. The van der Waals surface area contributed by atoms with Crippen molar-refractivity contribution >= 4 is 21.8 Å². The summed E-state index contributed by atoms with van der Waals surface area (Å²) in [5, 5.41) is 0. The molecule has 1 aromatic rings. The van der Waals surface area contributed by atoms with E-state index in [1.807, 2.05) is 25.1 Å². The van der Waals surface area contributed by atoms with Gasteiger partial charge in [0.2, 0.25) is 0 Å². The summed E-state index contributed by atoms with van der Waals surface area (Å²) in [6, 6.07) is 7.34. The first-order valence-electron chi connectivity index (χ1n) is 3.27. The number of benzene rings is 1. The van der Waals surface area contributed by atoms with Crippen LogP contribution in [0.3, 0.4) is 0 Å². The van der Waals surface area contributed by atoms with Gasteiger partial charge in [-0.1, -0.05) is 40.2 Å². The Bertz CT molecular complexity index is 279.